The average molecular weight is 407 g/mol. The van der Waals surface area contributed by atoms with E-state index in [2.05, 4.69) is 66.7 Å². The Kier molecular flexibility index (Phi) is 8.16. The number of hydrogen-bond acceptors (Lipinski definition) is 0. The van der Waals surface area contributed by atoms with E-state index in [4.69, 9.17) is 0 Å². The van der Waals surface area contributed by atoms with E-state index < -0.39 is 11.7 Å². The molecule has 0 spiro atoms. The summed E-state index contributed by atoms with van der Waals surface area (Å²) in [6.07, 6.45) is -3.11. The van der Waals surface area contributed by atoms with Crippen LogP contribution in [-0.4, -0.2) is 0 Å². The van der Waals surface area contributed by atoms with Crippen LogP contribution in [0.25, 0.3) is 0 Å². The Bertz CT molecular complexity index is 753. The third kappa shape index (κ3) is 7.87. The summed E-state index contributed by atoms with van der Waals surface area (Å²) in [5.41, 5.74) is 5.00. The summed E-state index contributed by atoms with van der Waals surface area (Å²) in [6.45, 7) is 19.7. The zero-order chi connectivity index (χ0) is 22.6. The predicted octanol–water partition coefficient (Wildman–Crippen LogP) is 8.67. The van der Waals surface area contributed by atoms with Crippen LogP contribution in [0.15, 0.2) is 42.5 Å². The van der Waals surface area contributed by atoms with Crippen molar-refractivity contribution in [1.82, 2.24) is 0 Å². The van der Waals surface area contributed by atoms with Gasteiger partial charge in [0.2, 0.25) is 0 Å². The van der Waals surface area contributed by atoms with Gasteiger partial charge in [0.05, 0.1) is 5.56 Å². The SMILES string of the molecule is CC(C)c1cccc(C(F)(F)F)c1.CCc1cc(C(C)(C)C)cc(C(C)(C)C)c1. The lowest BCUT2D eigenvalue weighted by atomic mass is 9.79. The topological polar surface area (TPSA) is 0 Å². The molecule has 0 nitrogen and oxygen atoms in total. The Labute approximate surface area is 175 Å². The summed E-state index contributed by atoms with van der Waals surface area (Å²) in [5.74, 6) is 0.127. The van der Waals surface area contributed by atoms with Crippen LogP contribution >= 0.6 is 0 Å². The molecule has 0 unspecified atom stereocenters. The van der Waals surface area contributed by atoms with Crippen LogP contribution in [0.3, 0.4) is 0 Å². The van der Waals surface area contributed by atoms with Crippen molar-refractivity contribution in [3.63, 3.8) is 0 Å². The first-order valence-corrected chi connectivity index (χ1v) is 10.4. The van der Waals surface area contributed by atoms with E-state index in [0.717, 1.165) is 18.1 Å². The Balaban J connectivity index is 0.000000296. The maximum atomic E-state index is 12.2. The van der Waals surface area contributed by atoms with Gasteiger partial charge in [-0.15, -0.1) is 0 Å². The summed E-state index contributed by atoms with van der Waals surface area (Å²) in [4.78, 5) is 0. The number of hydrogen-bond donors (Lipinski definition) is 0. The van der Waals surface area contributed by atoms with Crippen LogP contribution in [0.1, 0.15) is 96.0 Å². The molecule has 0 saturated heterocycles. The van der Waals surface area contributed by atoms with Gasteiger partial charge in [-0.2, -0.15) is 13.2 Å². The monoisotopic (exact) mass is 406 g/mol. The van der Waals surface area contributed by atoms with Gasteiger partial charge >= 0.3 is 6.18 Å². The highest BCUT2D eigenvalue weighted by Gasteiger charge is 2.30. The summed E-state index contributed by atoms with van der Waals surface area (Å²) < 4.78 is 36.7. The first-order chi connectivity index (χ1) is 13.1. The van der Waals surface area contributed by atoms with Gasteiger partial charge in [0.1, 0.15) is 0 Å². The number of halogens is 3. The molecule has 2 rings (SSSR count). The summed E-state index contributed by atoms with van der Waals surface area (Å²) in [5, 5.41) is 0. The molecule has 0 heterocycles. The van der Waals surface area contributed by atoms with Gasteiger partial charge in [-0.1, -0.05) is 98.7 Å². The normalized spacial score (nSPS) is 12.6. The number of alkyl halides is 3. The largest absolute Gasteiger partial charge is 0.416 e. The van der Waals surface area contributed by atoms with Gasteiger partial charge in [-0.25, -0.2) is 0 Å². The lowest BCUT2D eigenvalue weighted by molar-refractivity contribution is -0.137. The van der Waals surface area contributed by atoms with Crippen LogP contribution in [-0.2, 0) is 23.4 Å². The molecule has 2 aromatic carbocycles. The molecule has 29 heavy (non-hydrogen) atoms. The minimum absolute atomic E-state index is 0.127. The van der Waals surface area contributed by atoms with E-state index in [1.807, 2.05) is 13.8 Å². The van der Waals surface area contributed by atoms with E-state index in [9.17, 15) is 13.2 Å². The minimum atomic E-state index is -4.23. The van der Waals surface area contributed by atoms with Gasteiger partial charge in [0, 0.05) is 0 Å². The molecule has 0 aliphatic heterocycles. The molecule has 0 amide bonds. The second-order valence-corrected chi connectivity index (χ2v) is 10.1. The first-order valence-electron chi connectivity index (χ1n) is 10.4. The molecule has 3 heteroatoms. The molecule has 0 atom stereocenters. The Morgan fingerprint density at radius 2 is 1.21 bits per heavy atom. The van der Waals surface area contributed by atoms with E-state index in [0.29, 0.717) is 0 Å². The molecule has 0 radical (unpaired) electrons. The maximum absolute atomic E-state index is 12.2. The Morgan fingerprint density at radius 3 is 1.55 bits per heavy atom. The number of benzene rings is 2. The van der Waals surface area contributed by atoms with Gasteiger partial charge in [0.25, 0.3) is 0 Å². The van der Waals surface area contributed by atoms with Crippen LogP contribution in [0.4, 0.5) is 13.2 Å². The minimum Gasteiger partial charge on any atom is -0.166 e. The molecule has 0 aromatic heterocycles. The zero-order valence-corrected chi connectivity index (χ0v) is 19.5. The first kappa shape index (κ1) is 25.3. The van der Waals surface area contributed by atoms with Crippen LogP contribution in [0, 0.1) is 0 Å². The summed E-state index contributed by atoms with van der Waals surface area (Å²) >= 11 is 0. The Hall–Kier alpha value is -1.77. The lowest BCUT2D eigenvalue weighted by Crippen LogP contribution is -2.16. The van der Waals surface area contributed by atoms with Gasteiger partial charge < -0.3 is 0 Å². The highest BCUT2D eigenvalue weighted by molar-refractivity contribution is 5.37. The maximum Gasteiger partial charge on any atom is 0.416 e. The van der Waals surface area contributed by atoms with Gasteiger partial charge in [0.15, 0.2) is 0 Å². The lowest BCUT2D eigenvalue weighted by Gasteiger charge is -2.26. The third-order valence-corrected chi connectivity index (χ3v) is 5.01. The van der Waals surface area contributed by atoms with Gasteiger partial charge in [-0.3, -0.25) is 0 Å². The van der Waals surface area contributed by atoms with Crippen LogP contribution < -0.4 is 0 Å². The molecule has 0 aliphatic rings. The van der Waals surface area contributed by atoms with Crippen molar-refractivity contribution in [2.24, 2.45) is 0 Å². The molecule has 2 aromatic rings. The third-order valence-electron chi connectivity index (χ3n) is 5.01. The van der Waals surface area contributed by atoms with E-state index in [-0.39, 0.29) is 16.7 Å². The summed E-state index contributed by atoms with van der Waals surface area (Å²) in [7, 11) is 0. The smallest absolute Gasteiger partial charge is 0.166 e. The second-order valence-electron chi connectivity index (χ2n) is 10.1. The predicted molar refractivity (Wildman–Crippen MR) is 119 cm³/mol. The van der Waals surface area contributed by atoms with E-state index in [1.165, 1.54) is 28.8 Å². The number of rotatable bonds is 2. The van der Waals surface area contributed by atoms with Gasteiger partial charge in [-0.05, 0) is 51.5 Å². The van der Waals surface area contributed by atoms with E-state index >= 15 is 0 Å². The van der Waals surface area contributed by atoms with Crippen molar-refractivity contribution in [1.29, 1.82) is 0 Å². The molecule has 0 bridgehead atoms. The second kappa shape index (κ2) is 9.36. The quantitative estimate of drug-likeness (QED) is 0.468. The van der Waals surface area contributed by atoms with Crippen molar-refractivity contribution in [3.05, 3.63) is 70.3 Å². The van der Waals surface area contributed by atoms with Crippen molar-refractivity contribution >= 4 is 0 Å². The molecular weight excluding hydrogens is 369 g/mol. The molecule has 0 N–H and O–H groups in total. The molecule has 0 aliphatic carbocycles. The fourth-order valence-electron chi connectivity index (χ4n) is 2.84. The van der Waals surface area contributed by atoms with Crippen molar-refractivity contribution < 1.29 is 13.2 Å². The van der Waals surface area contributed by atoms with Crippen molar-refractivity contribution in [2.75, 3.05) is 0 Å². The highest BCUT2D eigenvalue weighted by atomic mass is 19.4. The van der Waals surface area contributed by atoms with Crippen molar-refractivity contribution in [3.8, 4) is 0 Å². The fourth-order valence-corrected chi connectivity index (χ4v) is 2.84. The average Bonchev–Trinajstić information content (AvgIpc) is 2.59. The van der Waals surface area contributed by atoms with Crippen LogP contribution in [0.5, 0.6) is 0 Å². The highest BCUT2D eigenvalue weighted by Crippen LogP contribution is 2.31. The van der Waals surface area contributed by atoms with Crippen molar-refractivity contribution in [2.45, 2.75) is 91.7 Å². The molecular formula is C26H37F3. The number of aryl methyl sites for hydroxylation is 1. The van der Waals surface area contributed by atoms with Crippen LogP contribution in [0.2, 0.25) is 0 Å². The van der Waals surface area contributed by atoms with E-state index in [1.54, 1.807) is 6.07 Å². The standard InChI is InChI=1S/C16H26.C10H11F3/c1-8-12-9-13(15(2,3)4)11-14(10-12)16(5,6)7;1-7(2)8-4-3-5-9(6-8)10(11,12)13/h9-11H,8H2,1-7H3;3-7H,1-2H3. The summed E-state index contributed by atoms with van der Waals surface area (Å²) in [6, 6.07) is 12.5. The fraction of sp³-hybridized carbons (Fsp3) is 0.538. The molecule has 0 fully saturated rings. The molecule has 0 saturated carbocycles. The Morgan fingerprint density at radius 1 is 0.724 bits per heavy atom. The molecule has 162 valence electrons. The zero-order valence-electron chi connectivity index (χ0n) is 19.5.